The molecule has 2 nitrogen and oxygen atoms in total. The molecule has 82 valence electrons. The van der Waals surface area contributed by atoms with Gasteiger partial charge in [-0.2, -0.15) is 0 Å². The van der Waals surface area contributed by atoms with Gasteiger partial charge < -0.3 is 10.5 Å². The molecule has 0 aliphatic rings. The van der Waals surface area contributed by atoms with Gasteiger partial charge in [0.05, 0.1) is 5.56 Å². The topological polar surface area (TPSA) is 35.2 Å². The minimum atomic E-state index is -2.51. The van der Waals surface area contributed by atoms with Crippen molar-refractivity contribution in [1.29, 1.82) is 0 Å². The molecule has 0 atom stereocenters. The van der Waals surface area contributed by atoms with E-state index < -0.39 is 13.0 Å². The maximum Gasteiger partial charge on any atom is 0.272 e. The highest BCUT2D eigenvalue weighted by Gasteiger charge is 2.11. The molecule has 0 saturated carbocycles. The van der Waals surface area contributed by atoms with Crippen LogP contribution in [0.5, 0.6) is 5.75 Å². The minimum Gasteiger partial charge on any atom is -0.487 e. The third-order valence-electron chi connectivity index (χ3n) is 1.83. The molecule has 1 rings (SSSR count). The zero-order valence-corrected chi connectivity index (χ0v) is 8.98. The van der Waals surface area contributed by atoms with Gasteiger partial charge in [-0.05, 0) is 18.6 Å². The van der Waals surface area contributed by atoms with Crippen LogP contribution >= 0.6 is 12.2 Å². The molecule has 0 aromatic heterocycles. The van der Waals surface area contributed by atoms with E-state index in [0.717, 1.165) is 5.56 Å². The van der Waals surface area contributed by atoms with Crippen LogP contribution in [0.25, 0.3) is 0 Å². The third-order valence-corrected chi connectivity index (χ3v) is 2.05. The lowest BCUT2D eigenvalue weighted by Gasteiger charge is -2.12. The molecule has 0 amide bonds. The molecule has 1 aromatic carbocycles. The van der Waals surface area contributed by atoms with Crippen molar-refractivity contribution in [2.24, 2.45) is 5.73 Å². The van der Waals surface area contributed by atoms with Crippen molar-refractivity contribution in [2.75, 3.05) is 6.61 Å². The third kappa shape index (κ3) is 3.13. The summed E-state index contributed by atoms with van der Waals surface area (Å²) in [6, 6.07) is 5.15. The minimum absolute atomic E-state index is 0.142. The predicted octanol–water partition coefficient (Wildman–Crippen LogP) is 2.27. The Morgan fingerprint density at radius 1 is 1.53 bits per heavy atom. The number of ether oxygens (including phenoxy) is 1. The van der Waals surface area contributed by atoms with Crippen LogP contribution in [-0.4, -0.2) is 18.0 Å². The summed E-state index contributed by atoms with van der Waals surface area (Å²) in [6.45, 7) is 1.10. The average molecular weight is 231 g/mol. The van der Waals surface area contributed by atoms with E-state index in [-0.39, 0.29) is 4.99 Å². The van der Waals surface area contributed by atoms with Crippen LogP contribution < -0.4 is 10.5 Å². The molecule has 5 heteroatoms. The molecule has 0 fully saturated rings. The molecule has 0 aliphatic heterocycles. The Hall–Kier alpha value is -1.23. The highest BCUT2D eigenvalue weighted by atomic mass is 32.1. The van der Waals surface area contributed by atoms with Crippen LogP contribution in [0.3, 0.4) is 0 Å². The number of thiocarbonyl (C=S) groups is 1. The molecule has 0 heterocycles. The average Bonchev–Trinajstić information content (AvgIpc) is 2.15. The first kappa shape index (κ1) is 11.8. The van der Waals surface area contributed by atoms with E-state index in [0.29, 0.717) is 11.3 Å². The predicted molar refractivity (Wildman–Crippen MR) is 58.6 cm³/mol. The summed E-state index contributed by atoms with van der Waals surface area (Å²) in [5.74, 6) is 0.338. The zero-order chi connectivity index (χ0) is 11.4. The van der Waals surface area contributed by atoms with Crippen molar-refractivity contribution in [2.45, 2.75) is 13.3 Å². The largest absolute Gasteiger partial charge is 0.487 e. The summed E-state index contributed by atoms with van der Waals surface area (Å²) in [6.07, 6.45) is -2.51. The maximum absolute atomic E-state index is 12.0. The van der Waals surface area contributed by atoms with Gasteiger partial charge in [0.2, 0.25) is 0 Å². The van der Waals surface area contributed by atoms with Crippen LogP contribution in [0.15, 0.2) is 18.2 Å². The number of nitrogens with two attached hydrogens (primary N) is 1. The number of para-hydroxylation sites is 1. The molecular weight excluding hydrogens is 220 g/mol. The Kier molecular flexibility index (Phi) is 3.96. The van der Waals surface area contributed by atoms with Crippen molar-refractivity contribution in [3.05, 3.63) is 29.3 Å². The van der Waals surface area contributed by atoms with Gasteiger partial charge in [0.1, 0.15) is 17.3 Å². The number of halogens is 2. The zero-order valence-electron chi connectivity index (χ0n) is 8.17. The van der Waals surface area contributed by atoms with Crippen molar-refractivity contribution >= 4 is 17.2 Å². The molecular formula is C10H11F2NOS. The summed E-state index contributed by atoms with van der Waals surface area (Å²) < 4.78 is 29.0. The number of hydrogen-bond donors (Lipinski definition) is 1. The normalized spacial score (nSPS) is 10.4. The Morgan fingerprint density at radius 3 is 2.73 bits per heavy atom. The molecule has 0 unspecified atom stereocenters. The fourth-order valence-electron chi connectivity index (χ4n) is 1.18. The van der Waals surface area contributed by atoms with E-state index in [1.807, 2.05) is 0 Å². The number of benzene rings is 1. The van der Waals surface area contributed by atoms with Crippen LogP contribution in [0.1, 0.15) is 11.1 Å². The lowest BCUT2D eigenvalue weighted by atomic mass is 10.1. The fraction of sp³-hybridized carbons (Fsp3) is 0.300. The summed E-state index contributed by atoms with van der Waals surface area (Å²) in [7, 11) is 0. The molecule has 15 heavy (non-hydrogen) atoms. The Labute approximate surface area is 92.0 Å². The highest BCUT2D eigenvalue weighted by molar-refractivity contribution is 7.80. The fourth-order valence-corrected chi connectivity index (χ4v) is 1.35. The van der Waals surface area contributed by atoms with Crippen LogP contribution in [0.4, 0.5) is 8.78 Å². The number of aryl methyl sites for hydroxylation is 1. The van der Waals surface area contributed by atoms with Gasteiger partial charge in [-0.15, -0.1) is 0 Å². The quantitative estimate of drug-likeness (QED) is 0.807. The van der Waals surface area contributed by atoms with Gasteiger partial charge in [-0.25, -0.2) is 8.78 Å². The Bertz CT molecular complexity index is 368. The van der Waals surface area contributed by atoms with Gasteiger partial charge in [-0.1, -0.05) is 24.4 Å². The molecule has 0 bridgehead atoms. The monoisotopic (exact) mass is 231 g/mol. The molecule has 1 aromatic rings. The van der Waals surface area contributed by atoms with Crippen LogP contribution in [0.2, 0.25) is 0 Å². The summed E-state index contributed by atoms with van der Waals surface area (Å²) in [5.41, 5.74) is 6.68. The smallest absolute Gasteiger partial charge is 0.272 e. The SMILES string of the molecule is Cc1cccc(C(N)=S)c1OCC(F)F. The summed E-state index contributed by atoms with van der Waals surface area (Å²) in [5, 5.41) is 0. The second kappa shape index (κ2) is 5.02. The molecule has 0 saturated heterocycles. The first-order chi connectivity index (χ1) is 7.02. The highest BCUT2D eigenvalue weighted by Crippen LogP contribution is 2.23. The molecule has 0 spiro atoms. The first-order valence-electron chi connectivity index (χ1n) is 4.32. The summed E-state index contributed by atoms with van der Waals surface area (Å²) >= 11 is 4.80. The van der Waals surface area contributed by atoms with Gasteiger partial charge in [0, 0.05) is 0 Å². The van der Waals surface area contributed by atoms with Gasteiger partial charge in [0.25, 0.3) is 6.43 Å². The number of alkyl halides is 2. The number of hydrogen-bond acceptors (Lipinski definition) is 2. The van der Waals surface area contributed by atoms with Crippen molar-refractivity contribution < 1.29 is 13.5 Å². The second-order valence-corrected chi connectivity index (χ2v) is 3.46. The van der Waals surface area contributed by atoms with E-state index in [2.05, 4.69) is 0 Å². The van der Waals surface area contributed by atoms with E-state index in [1.54, 1.807) is 25.1 Å². The van der Waals surface area contributed by atoms with E-state index >= 15 is 0 Å². The van der Waals surface area contributed by atoms with Gasteiger partial charge >= 0.3 is 0 Å². The lowest BCUT2D eigenvalue weighted by Crippen LogP contribution is -2.15. The van der Waals surface area contributed by atoms with Crippen LogP contribution in [-0.2, 0) is 0 Å². The van der Waals surface area contributed by atoms with Crippen molar-refractivity contribution in [3.63, 3.8) is 0 Å². The second-order valence-electron chi connectivity index (χ2n) is 3.02. The van der Waals surface area contributed by atoms with Gasteiger partial charge in [0.15, 0.2) is 0 Å². The van der Waals surface area contributed by atoms with Crippen LogP contribution in [0, 0.1) is 6.92 Å². The lowest BCUT2D eigenvalue weighted by molar-refractivity contribution is 0.0815. The molecule has 0 radical (unpaired) electrons. The Balaban J connectivity index is 2.97. The summed E-state index contributed by atoms with van der Waals surface area (Å²) in [4.78, 5) is 0.142. The standard InChI is InChI=1S/C10H11F2NOS/c1-6-3-2-4-7(10(13)15)9(6)14-5-8(11)12/h2-4,8H,5H2,1H3,(H2,13,15). The van der Waals surface area contributed by atoms with E-state index in [9.17, 15) is 8.78 Å². The number of rotatable bonds is 4. The van der Waals surface area contributed by atoms with E-state index in [1.165, 1.54) is 0 Å². The van der Waals surface area contributed by atoms with E-state index in [4.69, 9.17) is 22.7 Å². The van der Waals surface area contributed by atoms with Crippen molar-refractivity contribution in [3.8, 4) is 5.75 Å². The Morgan fingerprint density at radius 2 is 2.20 bits per heavy atom. The molecule has 0 aliphatic carbocycles. The maximum atomic E-state index is 12.0. The first-order valence-corrected chi connectivity index (χ1v) is 4.73. The molecule has 2 N–H and O–H groups in total. The van der Waals surface area contributed by atoms with Gasteiger partial charge in [-0.3, -0.25) is 0 Å². The van der Waals surface area contributed by atoms with Crippen molar-refractivity contribution in [1.82, 2.24) is 0 Å².